The molecular weight excluding hydrogens is 148 g/mol. The first-order valence-electron chi connectivity index (χ1n) is 5.36. The van der Waals surface area contributed by atoms with E-state index < -0.39 is 0 Å². The molecule has 2 unspecified atom stereocenters. The molecule has 0 spiro atoms. The van der Waals surface area contributed by atoms with Gasteiger partial charge in [0.15, 0.2) is 0 Å². The fourth-order valence-electron chi connectivity index (χ4n) is 2.64. The van der Waals surface area contributed by atoms with Crippen LogP contribution < -0.4 is 5.73 Å². The summed E-state index contributed by atoms with van der Waals surface area (Å²) in [6.45, 7) is 2.66. The van der Waals surface area contributed by atoms with E-state index in [9.17, 15) is 0 Å². The number of nitrogens with two attached hydrogens (primary N) is 1. The molecule has 2 nitrogen and oxygen atoms in total. The molecule has 2 atom stereocenters. The quantitative estimate of drug-likeness (QED) is 0.640. The Morgan fingerprint density at radius 3 is 2.42 bits per heavy atom. The zero-order chi connectivity index (χ0) is 8.39. The van der Waals surface area contributed by atoms with Crippen molar-refractivity contribution >= 4 is 0 Å². The van der Waals surface area contributed by atoms with Crippen molar-refractivity contribution in [3.8, 4) is 0 Å². The summed E-state index contributed by atoms with van der Waals surface area (Å²) in [6.07, 6.45) is 8.07. The second kappa shape index (κ2) is 3.75. The molecule has 2 N–H and O–H groups in total. The van der Waals surface area contributed by atoms with Crippen LogP contribution in [0.1, 0.15) is 38.5 Å². The van der Waals surface area contributed by atoms with Crippen molar-refractivity contribution in [2.75, 3.05) is 13.1 Å². The van der Waals surface area contributed by atoms with Crippen molar-refractivity contribution in [1.82, 2.24) is 4.90 Å². The molecule has 0 aromatic rings. The maximum atomic E-state index is 5.97. The first-order chi connectivity index (χ1) is 5.86. The van der Waals surface area contributed by atoms with Crippen LogP contribution in [0.2, 0.25) is 0 Å². The Balaban J connectivity index is 1.85. The second-order valence-electron chi connectivity index (χ2n) is 4.32. The topological polar surface area (TPSA) is 29.3 Å². The molecule has 2 heteroatoms. The van der Waals surface area contributed by atoms with Crippen molar-refractivity contribution in [3.05, 3.63) is 0 Å². The highest BCUT2D eigenvalue weighted by atomic mass is 15.2. The van der Waals surface area contributed by atoms with E-state index in [4.69, 9.17) is 5.73 Å². The first kappa shape index (κ1) is 8.52. The minimum absolute atomic E-state index is 0.490. The van der Waals surface area contributed by atoms with Gasteiger partial charge in [-0.25, -0.2) is 0 Å². The van der Waals surface area contributed by atoms with E-state index >= 15 is 0 Å². The zero-order valence-electron chi connectivity index (χ0n) is 7.84. The average Bonchev–Trinajstić information content (AvgIpc) is 2.56. The van der Waals surface area contributed by atoms with Crippen LogP contribution in [0.5, 0.6) is 0 Å². The van der Waals surface area contributed by atoms with E-state index in [0.717, 1.165) is 6.04 Å². The molecule has 1 saturated heterocycles. The Bertz CT molecular complexity index is 141. The Labute approximate surface area is 75.1 Å². The summed E-state index contributed by atoms with van der Waals surface area (Å²) in [5.41, 5.74) is 5.97. The summed E-state index contributed by atoms with van der Waals surface area (Å²) in [7, 11) is 0. The predicted molar refractivity (Wildman–Crippen MR) is 51.0 cm³/mol. The van der Waals surface area contributed by atoms with Gasteiger partial charge in [0, 0.05) is 12.1 Å². The van der Waals surface area contributed by atoms with Gasteiger partial charge in [0.2, 0.25) is 0 Å². The van der Waals surface area contributed by atoms with Gasteiger partial charge in [0.05, 0.1) is 0 Å². The number of nitrogens with zero attached hydrogens (tertiary/aromatic N) is 1. The SMILES string of the molecule is NC1CCCC(N2CCCC2)C1. The van der Waals surface area contributed by atoms with Crippen LogP contribution in [-0.2, 0) is 0 Å². The molecule has 1 heterocycles. The van der Waals surface area contributed by atoms with Gasteiger partial charge in [-0.1, -0.05) is 6.42 Å². The second-order valence-corrected chi connectivity index (χ2v) is 4.32. The molecule has 0 amide bonds. The molecule has 0 aromatic heterocycles. The van der Waals surface area contributed by atoms with Crippen LogP contribution >= 0.6 is 0 Å². The normalized spacial score (nSPS) is 38.8. The minimum atomic E-state index is 0.490. The number of likely N-dealkylation sites (tertiary alicyclic amines) is 1. The average molecular weight is 168 g/mol. The lowest BCUT2D eigenvalue weighted by atomic mass is 9.91. The summed E-state index contributed by atoms with van der Waals surface area (Å²) in [5.74, 6) is 0. The van der Waals surface area contributed by atoms with Crippen molar-refractivity contribution in [3.63, 3.8) is 0 Å². The van der Waals surface area contributed by atoms with Crippen LogP contribution in [0.3, 0.4) is 0 Å². The zero-order valence-corrected chi connectivity index (χ0v) is 7.84. The van der Waals surface area contributed by atoms with Gasteiger partial charge in [0.25, 0.3) is 0 Å². The molecule has 1 aliphatic heterocycles. The van der Waals surface area contributed by atoms with E-state index in [0.29, 0.717) is 6.04 Å². The lowest BCUT2D eigenvalue weighted by molar-refractivity contribution is 0.180. The van der Waals surface area contributed by atoms with Gasteiger partial charge in [-0.2, -0.15) is 0 Å². The molecule has 1 saturated carbocycles. The van der Waals surface area contributed by atoms with Gasteiger partial charge in [-0.05, 0) is 45.2 Å². The van der Waals surface area contributed by atoms with E-state index in [-0.39, 0.29) is 0 Å². The summed E-state index contributed by atoms with van der Waals surface area (Å²) in [6, 6.07) is 1.32. The summed E-state index contributed by atoms with van der Waals surface area (Å²) in [4.78, 5) is 2.65. The Hall–Kier alpha value is -0.0800. The standard InChI is InChI=1S/C10H20N2/c11-9-4-3-5-10(8-9)12-6-1-2-7-12/h9-10H,1-8,11H2. The van der Waals surface area contributed by atoms with E-state index in [1.165, 1.54) is 51.6 Å². The summed E-state index contributed by atoms with van der Waals surface area (Å²) < 4.78 is 0. The smallest absolute Gasteiger partial charge is 0.0110 e. The summed E-state index contributed by atoms with van der Waals surface area (Å²) in [5, 5.41) is 0. The lowest BCUT2D eigenvalue weighted by Crippen LogP contribution is -2.41. The lowest BCUT2D eigenvalue weighted by Gasteiger charge is -2.33. The molecular formula is C10H20N2. The Kier molecular flexibility index (Phi) is 2.66. The van der Waals surface area contributed by atoms with Crippen LogP contribution in [-0.4, -0.2) is 30.1 Å². The third-order valence-corrected chi connectivity index (χ3v) is 3.34. The third kappa shape index (κ3) is 1.80. The van der Waals surface area contributed by atoms with Crippen molar-refractivity contribution in [2.45, 2.75) is 50.6 Å². The molecule has 2 fully saturated rings. The minimum Gasteiger partial charge on any atom is -0.328 e. The number of hydrogen-bond donors (Lipinski definition) is 1. The van der Waals surface area contributed by atoms with Crippen LogP contribution in [0, 0.1) is 0 Å². The molecule has 12 heavy (non-hydrogen) atoms. The Morgan fingerprint density at radius 1 is 1.00 bits per heavy atom. The van der Waals surface area contributed by atoms with Gasteiger partial charge in [0.1, 0.15) is 0 Å². The van der Waals surface area contributed by atoms with Crippen molar-refractivity contribution < 1.29 is 0 Å². The molecule has 0 radical (unpaired) electrons. The van der Waals surface area contributed by atoms with Gasteiger partial charge in [-0.15, -0.1) is 0 Å². The highest BCUT2D eigenvalue weighted by molar-refractivity contribution is 4.84. The number of hydrogen-bond acceptors (Lipinski definition) is 2. The fourth-order valence-corrected chi connectivity index (χ4v) is 2.64. The Morgan fingerprint density at radius 2 is 1.75 bits per heavy atom. The highest BCUT2D eigenvalue weighted by Crippen LogP contribution is 2.24. The fraction of sp³-hybridized carbons (Fsp3) is 1.00. The molecule has 2 rings (SSSR count). The van der Waals surface area contributed by atoms with E-state index in [1.807, 2.05) is 0 Å². The van der Waals surface area contributed by atoms with Crippen LogP contribution in [0.4, 0.5) is 0 Å². The molecule has 1 aliphatic carbocycles. The van der Waals surface area contributed by atoms with E-state index in [1.54, 1.807) is 0 Å². The number of rotatable bonds is 1. The highest BCUT2D eigenvalue weighted by Gasteiger charge is 2.26. The molecule has 2 aliphatic rings. The first-order valence-corrected chi connectivity index (χ1v) is 5.36. The summed E-state index contributed by atoms with van der Waals surface area (Å²) >= 11 is 0. The molecule has 0 bridgehead atoms. The van der Waals surface area contributed by atoms with Crippen molar-refractivity contribution in [2.24, 2.45) is 5.73 Å². The molecule has 0 aromatic carbocycles. The monoisotopic (exact) mass is 168 g/mol. The maximum absolute atomic E-state index is 5.97. The third-order valence-electron chi connectivity index (χ3n) is 3.34. The van der Waals surface area contributed by atoms with Crippen LogP contribution in [0.25, 0.3) is 0 Å². The molecule has 70 valence electrons. The largest absolute Gasteiger partial charge is 0.328 e. The van der Waals surface area contributed by atoms with Gasteiger partial charge < -0.3 is 10.6 Å². The van der Waals surface area contributed by atoms with Crippen LogP contribution in [0.15, 0.2) is 0 Å². The van der Waals surface area contributed by atoms with E-state index in [2.05, 4.69) is 4.90 Å². The van der Waals surface area contributed by atoms with Crippen molar-refractivity contribution in [1.29, 1.82) is 0 Å². The predicted octanol–water partition coefficient (Wildman–Crippen LogP) is 1.35. The van der Waals surface area contributed by atoms with Gasteiger partial charge >= 0.3 is 0 Å². The van der Waals surface area contributed by atoms with Gasteiger partial charge in [-0.3, -0.25) is 0 Å². The maximum Gasteiger partial charge on any atom is 0.0110 e.